The van der Waals surface area contributed by atoms with Crippen molar-refractivity contribution in [1.29, 1.82) is 0 Å². The Morgan fingerprint density at radius 1 is 1.20 bits per heavy atom. The number of nitrogens with two attached hydrogens (primary N) is 1. The molecule has 0 bridgehead atoms. The Hall–Kier alpha value is -0.660. The van der Waals surface area contributed by atoms with Crippen molar-refractivity contribution in [3.05, 3.63) is 50.4 Å². The van der Waals surface area contributed by atoms with Crippen molar-refractivity contribution in [2.24, 2.45) is 5.73 Å². The Morgan fingerprint density at radius 2 is 1.76 bits per heavy atom. The van der Waals surface area contributed by atoms with E-state index in [2.05, 4.69) is 47.0 Å². The highest BCUT2D eigenvalue weighted by Crippen LogP contribution is 2.24. The van der Waals surface area contributed by atoms with E-state index in [-0.39, 0.29) is 36.1 Å². The lowest BCUT2D eigenvalue weighted by Crippen LogP contribution is -2.48. The molecule has 1 aromatic heterocycles. The Balaban J connectivity index is 0.00000288. The fraction of sp³-hybridized carbons (Fsp3) is 0.412. The number of nitrogens with zero attached hydrogens (tertiary/aromatic N) is 1. The molecule has 25 heavy (non-hydrogen) atoms. The van der Waals surface area contributed by atoms with Gasteiger partial charge >= 0.3 is 0 Å². The third-order valence-corrected chi connectivity index (χ3v) is 5.01. The van der Waals surface area contributed by atoms with Crippen molar-refractivity contribution < 1.29 is 4.79 Å². The van der Waals surface area contributed by atoms with E-state index in [0.717, 1.165) is 20.7 Å². The zero-order chi connectivity index (χ0) is 17.3. The zero-order valence-corrected chi connectivity index (χ0v) is 18.7. The van der Waals surface area contributed by atoms with Gasteiger partial charge in [0.05, 0.1) is 12.2 Å². The van der Waals surface area contributed by atoms with Crippen LogP contribution in [0.1, 0.15) is 44.0 Å². The predicted octanol–water partition coefficient (Wildman–Crippen LogP) is 4.54. The van der Waals surface area contributed by atoms with Gasteiger partial charge in [0.2, 0.25) is 5.91 Å². The van der Waals surface area contributed by atoms with Crippen molar-refractivity contribution in [3.63, 3.8) is 0 Å². The fourth-order valence-electron chi connectivity index (χ4n) is 2.00. The standard InChI is InChI=1S/C17H22BrN3OS.2ClH/c1-16(2,3)13-10-23-14(21-13)9-20-15(22)17(4,19)11-5-7-12(18)8-6-11;;/h5-8,10H,9,19H2,1-4H3,(H,20,22);2*1H. The molecule has 1 atom stereocenters. The topological polar surface area (TPSA) is 68.0 Å². The van der Waals surface area contributed by atoms with Gasteiger partial charge in [0.15, 0.2) is 0 Å². The molecule has 4 nitrogen and oxygen atoms in total. The van der Waals surface area contributed by atoms with Crippen LogP contribution in [0, 0.1) is 0 Å². The summed E-state index contributed by atoms with van der Waals surface area (Å²) in [5.74, 6) is -0.215. The van der Waals surface area contributed by atoms with Crippen LogP contribution in [0.25, 0.3) is 0 Å². The van der Waals surface area contributed by atoms with Gasteiger partial charge in [0.1, 0.15) is 10.5 Å². The number of thiazole rings is 1. The molecule has 1 unspecified atom stereocenters. The molecule has 0 aliphatic carbocycles. The van der Waals surface area contributed by atoms with Crippen molar-refractivity contribution in [1.82, 2.24) is 10.3 Å². The SMILES string of the molecule is CC(C)(C)c1csc(CNC(=O)C(C)(N)c2ccc(Br)cc2)n1.Cl.Cl. The van der Waals surface area contributed by atoms with Crippen LogP contribution in [0.4, 0.5) is 0 Å². The molecule has 2 rings (SSSR count). The molecule has 2 aromatic rings. The minimum Gasteiger partial charge on any atom is -0.348 e. The molecule has 1 aromatic carbocycles. The molecule has 0 fully saturated rings. The van der Waals surface area contributed by atoms with E-state index >= 15 is 0 Å². The first-order valence-electron chi connectivity index (χ1n) is 7.39. The lowest BCUT2D eigenvalue weighted by Gasteiger charge is -2.24. The molecule has 0 spiro atoms. The molecular weight excluding hydrogens is 445 g/mol. The number of amides is 1. The highest BCUT2D eigenvalue weighted by atomic mass is 79.9. The highest BCUT2D eigenvalue weighted by molar-refractivity contribution is 9.10. The number of hydrogen-bond acceptors (Lipinski definition) is 4. The summed E-state index contributed by atoms with van der Waals surface area (Å²) < 4.78 is 0.954. The average molecular weight is 469 g/mol. The Morgan fingerprint density at radius 3 is 2.24 bits per heavy atom. The smallest absolute Gasteiger partial charge is 0.244 e. The van der Waals surface area contributed by atoms with Gasteiger partial charge in [0.25, 0.3) is 0 Å². The second-order valence-corrected chi connectivity index (χ2v) is 8.63. The molecule has 0 saturated carbocycles. The van der Waals surface area contributed by atoms with Crippen molar-refractivity contribution in [2.75, 3.05) is 0 Å². The molecule has 3 N–H and O–H groups in total. The molecule has 0 saturated heterocycles. The van der Waals surface area contributed by atoms with Crippen LogP contribution in [0.15, 0.2) is 34.1 Å². The molecule has 8 heteroatoms. The average Bonchev–Trinajstić information content (AvgIpc) is 2.94. The van der Waals surface area contributed by atoms with Gasteiger partial charge < -0.3 is 11.1 Å². The van der Waals surface area contributed by atoms with Crippen LogP contribution < -0.4 is 11.1 Å². The van der Waals surface area contributed by atoms with Crippen molar-refractivity contribution in [2.45, 2.75) is 45.2 Å². The van der Waals surface area contributed by atoms with Crippen LogP contribution in [0.2, 0.25) is 0 Å². The van der Waals surface area contributed by atoms with E-state index in [4.69, 9.17) is 5.73 Å². The number of rotatable bonds is 4. The second kappa shape index (κ2) is 9.33. The van der Waals surface area contributed by atoms with Crippen LogP contribution in [0.5, 0.6) is 0 Å². The molecule has 1 heterocycles. The summed E-state index contributed by atoms with van der Waals surface area (Å²) in [6.07, 6.45) is 0. The van der Waals surface area contributed by atoms with Crippen LogP contribution in [-0.2, 0) is 22.3 Å². The summed E-state index contributed by atoms with van der Waals surface area (Å²) in [4.78, 5) is 17.0. The van der Waals surface area contributed by atoms with E-state index in [9.17, 15) is 4.79 Å². The number of nitrogens with one attached hydrogen (secondary N) is 1. The first kappa shape index (κ1) is 24.3. The fourth-order valence-corrected chi connectivity index (χ4v) is 3.23. The van der Waals surface area contributed by atoms with Gasteiger partial charge in [-0.1, -0.05) is 48.8 Å². The molecule has 0 aliphatic rings. The van der Waals surface area contributed by atoms with E-state index < -0.39 is 5.54 Å². The first-order valence-corrected chi connectivity index (χ1v) is 9.06. The maximum absolute atomic E-state index is 12.5. The molecule has 1 amide bonds. The Bertz CT molecular complexity index is 697. The van der Waals surface area contributed by atoms with Gasteiger partial charge in [0, 0.05) is 15.3 Å². The normalized spacial score (nSPS) is 13.2. The minimum atomic E-state index is -1.08. The Kier molecular flexibility index (Phi) is 9.08. The molecule has 140 valence electrons. The summed E-state index contributed by atoms with van der Waals surface area (Å²) in [5.41, 5.74) is 6.97. The van der Waals surface area contributed by atoms with Gasteiger partial charge in [-0.2, -0.15) is 0 Å². The molecule has 0 radical (unpaired) electrons. The van der Waals surface area contributed by atoms with Gasteiger partial charge in [-0.05, 0) is 24.6 Å². The summed E-state index contributed by atoms with van der Waals surface area (Å²) in [5, 5.41) is 5.81. The maximum Gasteiger partial charge on any atom is 0.244 e. The predicted molar refractivity (Wildman–Crippen MR) is 113 cm³/mol. The van der Waals surface area contributed by atoms with E-state index in [1.165, 1.54) is 0 Å². The van der Waals surface area contributed by atoms with Gasteiger partial charge in [-0.15, -0.1) is 36.2 Å². The first-order chi connectivity index (χ1) is 10.6. The van der Waals surface area contributed by atoms with Crippen molar-refractivity contribution in [3.8, 4) is 0 Å². The summed E-state index contributed by atoms with van der Waals surface area (Å²) >= 11 is 4.93. The minimum absolute atomic E-state index is 0. The Labute approximate surface area is 173 Å². The van der Waals surface area contributed by atoms with Crippen LogP contribution in [-0.4, -0.2) is 10.9 Å². The molecular formula is C17H24BrCl2N3OS. The number of benzene rings is 1. The highest BCUT2D eigenvalue weighted by Gasteiger charge is 2.30. The zero-order valence-electron chi connectivity index (χ0n) is 14.6. The van der Waals surface area contributed by atoms with Gasteiger partial charge in [-0.25, -0.2) is 4.98 Å². The maximum atomic E-state index is 12.5. The van der Waals surface area contributed by atoms with E-state index in [1.54, 1.807) is 18.3 Å². The number of carbonyl (C=O) groups excluding carboxylic acids is 1. The third kappa shape index (κ3) is 6.22. The van der Waals surface area contributed by atoms with E-state index in [0.29, 0.717) is 6.54 Å². The van der Waals surface area contributed by atoms with E-state index in [1.807, 2.05) is 29.6 Å². The van der Waals surface area contributed by atoms with Crippen LogP contribution >= 0.6 is 52.1 Å². The lowest BCUT2D eigenvalue weighted by atomic mass is 9.92. The van der Waals surface area contributed by atoms with Crippen molar-refractivity contribution >= 4 is 58.0 Å². The number of carbonyl (C=O) groups is 1. The largest absolute Gasteiger partial charge is 0.348 e. The van der Waals surface area contributed by atoms with Gasteiger partial charge in [-0.3, -0.25) is 4.79 Å². The molecule has 0 aliphatic heterocycles. The lowest BCUT2D eigenvalue weighted by molar-refractivity contribution is -0.126. The number of halogens is 3. The van der Waals surface area contributed by atoms with Crippen LogP contribution in [0.3, 0.4) is 0 Å². The second-order valence-electron chi connectivity index (χ2n) is 6.77. The summed E-state index contributed by atoms with van der Waals surface area (Å²) in [6, 6.07) is 7.46. The monoisotopic (exact) mass is 467 g/mol. The summed E-state index contributed by atoms with van der Waals surface area (Å²) in [7, 11) is 0. The number of aromatic nitrogens is 1. The third-order valence-electron chi connectivity index (χ3n) is 3.64. The summed E-state index contributed by atoms with van der Waals surface area (Å²) in [6.45, 7) is 8.47. The number of hydrogen-bond donors (Lipinski definition) is 2. The quantitative estimate of drug-likeness (QED) is 0.692.